The summed E-state index contributed by atoms with van der Waals surface area (Å²) in [5.74, 6) is 0.621. The average Bonchev–Trinajstić information content (AvgIpc) is 3.20. The summed E-state index contributed by atoms with van der Waals surface area (Å²) in [4.78, 5) is 7.73. The molecule has 9 rings (SSSR count). The Labute approximate surface area is 306 Å². The van der Waals surface area contributed by atoms with E-state index in [0.717, 1.165) is 34.3 Å². The summed E-state index contributed by atoms with van der Waals surface area (Å²) < 4.78 is 0. The van der Waals surface area contributed by atoms with Gasteiger partial charge in [0, 0.05) is 16.6 Å². The third kappa shape index (κ3) is 5.31. The van der Waals surface area contributed by atoms with Crippen molar-refractivity contribution in [1.82, 2.24) is 4.98 Å². The van der Waals surface area contributed by atoms with Gasteiger partial charge in [-0.25, -0.2) is 4.98 Å². The molecule has 0 amide bonds. The maximum Gasteiger partial charge on any atom is 0.0742 e. The molecule has 0 aliphatic carbocycles. The second-order valence-corrected chi connectivity index (χ2v) is 14.3. The fraction of sp³-hybridized carbons (Fsp3) is 0.100. The Bertz CT molecular complexity index is 2410. The lowest BCUT2D eigenvalue weighted by Gasteiger charge is -2.46. The number of fused-ring (bicyclic) bond motifs is 3. The van der Waals surface area contributed by atoms with Gasteiger partial charge in [0.05, 0.1) is 28.0 Å². The molecular weight excluding hydrogens is 629 g/mol. The highest BCUT2D eigenvalue weighted by molar-refractivity contribution is 6.00. The Kier molecular flexibility index (Phi) is 8.01. The summed E-state index contributed by atoms with van der Waals surface area (Å²) in [6.45, 7) is 4.53. The fourth-order valence-corrected chi connectivity index (χ4v) is 8.33. The Hall–Kier alpha value is -6.25. The van der Waals surface area contributed by atoms with Crippen LogP contribution in [0.5, 0.6) is 0 Å². The average molecular weight is 669 g/mol. The van der Waals surface area contributed by atoms with Crippen molar-refractivity contribution in [2.75, 3.05) is 4.90 Å². The van der Waals surface area contributed by atoms with Gasteiger partial charge in [0.15, 0.2) is 0 Å². The predicted molar refractivity (Wildman–Crippen MR) is 218 cm³/mol. The van der Waals surface area contributed by atoms with Gasteiger partial charge in [-0.05, 0) is 87.7 Å². The van der Waals surface area contributed by atoms with Crippen molar-refractivity contribution in [3.8, 4) is 22.4 Å². The van der Waals surface area contributed by atoms with Crippen molar-refractivity contribution in [1.29, 1.82) is 0 Å². The van der Waals surface area contributed by atoms with Crippen LogP contribution in [-0.2, 0) is 11.8 Å². The lowest BCUT2D eigenvalue weighted by atomic mass is 9.62. The highest BCUT2D eigenvalue weighted by Gasteiger charge is 2.46. The monoisotopic (exact) mass is 668 g/mol. The van der Waals surface area contributed by atoms with Crippen LogP contribution in [0.3, 0.4) is 0 Å². The maximum atomic E-state index is 5.28. The van der Waals surface area contributed by atoms with Crippen LogP contribution in [0.2, 0.25) is 0 Å². The summed E-state index contributed by atoms with van der Waals surface area (Å²) in [5.41, 5.74) is 14.8. The predicted octanol–water partition coefficient (Wildman–Crippen LogP) is 12.9. The van der Waals surface area contributed by atoms with Crippen molar-refractivity contribution in [3.63, 3.8) is 0 Å². The molecule has 52 heavy (non-hydrogen) atoms. The van der Waals surface area contributed by atoms with E-state index in [1.807, 2.05) is 0 Å². The quantitative estimate of drug-likeness (QED) is 0.168. The zero-order valence-corrected chi connectivity index (χ0v) is 29.6. The molecular formula is C50H40N2. The molecule has 0 unspecified atom stereocenters. The Morgan fingerprint density at radius 2 is 1.06 bits per heavy atom. The molecule has 0 radical (unpaired) electrons. The fourth-order valence-electron chi connectivity index (χ4n) is 8.33. The Morgan fingerprint density at radius 1 is 0.519 bits per heavy atom. The number of pyridine rings is 1. The normalized spacial score (nSPS) is 13.2. The van der Waals surface area contributed by atoms with Crippen LogP contribution in [0.1, 0.15) is 41.7 Å². The highest BCUT2D eigenvalue weighted by Crippen LogP contribution is 2.57. The van der Waals surface area contributed by atoms with Crippen LogP contribution in [0, 0.1) is 5.92 Å². The van der Waals surface area contributed by atoms with Crippen LogP contribution in [0.15, 0.2) is 188 Å². The van der Waals surface area contributed by atoms with Crippen molar-refractivity contribution < 1.29 is 0 Å². The van der Waals surface area contributed by atoms with Gasteiger partial charge in [0.1, 0.15) is 0 Å². The van der Waals surface area contributed by atoms with E-state index in [1.54, 1.807) is 0 Å². The molecule has 1 aliphatic rings. The molecule has 0 saturated heterocycles. The molecule has 250 valence electrons. The molecule has 0 fully saturated rings. The van der Waals surface area contributed by atoms with Gasteiger partial charge in [-0.3, -0.25) is 0 Å². The molecule has 2 heteroatoms. The van der Waals surface area contributed by atoms with Crippen molar-refractivity contribution in [3.05, 3.63) is 216 Å². The Morgan fingerprint density at radius 3 is 1.63 bits per heavy atom. The van der Waals surface area contributed by atoms with E-state index in [9.17, 15) is 0 Å². The molecule has 2 heterocycles. The number of aromatic nitrogens is 1. The minimum atomic E-state index is -0.501. The molecule has 0 saturated carbocycles. The van der Waals surface area contributed by atoms with Crippen molar-refractivity contribution >= 4 is 28.0 Å². The van der Waals surface area contributed by atoms with E-state index in [0.29, 0.717) is 5.92 Å². The molecule has 7 aromatic carbocycles. The number of benzene rings is 7. The molecule has 0 spiro atoms. The first kappa shape index (κ1) is 31.7. The first-order valence-electron chi connectivity index (χ1n) is 18.3. The summed E-state index contributed by atoms with van der Waals surface area (Å²) in [6.07, 6.45) is 1.07. The summed E-state index contributed by atoms with van der Waals surface area (Å²) in [5, 5.41) is 1.13. The smallest absolute Gasteiger partial charge is 0.0742 e. The van der Waals surface area contributed by atoms with Crippen LogP contribution in [0.4, 0.5) is 17.1 Å². The number of hydrogen-bond acceptors (Lipinski definition) is 2. The maximum absolute atomic E-state index is 5.28. The first-order chi connectivity index (χ1) is 25.6. The third-order valence-corrected chi connectivity index (χ3v) is 10.5. The summed E-state index contributed by atoms with van der Waals surface area (Å²) in [7, 11) is 0. The van der Waals surface area contributed by atoms with Crippen LogP contribution in [-0.4, -0.2) is 4.98 Å². The van der Waals surface area contributed by atoms with E-state index in [2.05, 4.69) is 207 Å². The molecule has 1 aliphatic heterocycles. The highest BCUT2D eigenvalue weighted by atomic mass is 15.2. The molecule has 1 aromatic heterocycles. The lowest BCUT2D eigenvalue weighted by Crippen LogP contribution is -2.37. The zero-order chi connectivity index (χ0) is 35.1. The first-order valence-corrected chi connectivity index (χ1v) is 18.3. The summed E-state index contributed by atoms with van der Waals surface area (Å²) >= 11 is 0. The van der Waals surface area contributed by atoms with Crippen LogP contribution < -0.4 is 4.90 Å². The van der Waals surface area contributed by atoms with Gasteiger partial charge in [-0.2, -0.15) is 0 Å². The van der Waals surface area contributed by atoms with Crippen LogP contribution in [0.25, 0.3) is 33.3 Å². The second kappa shape index (κ2) is 13.1. The van der Waals surface area contributed by atoms with Crippen LogP contribution >= 0.6 is 0 Å². The number of hydrogen-bond donors (Lipinski definition) is 0. The molecule has 8 aromatic rings. The van der Waals surface area contributed by atoms with Crippen molar-refractivity contribution in [2.24, 2.45) is 5.92 Å². The number of anilines is 3. The number of para-hydroxylation sites is 2. The minimum Gasteiger partial charge on any atom is -0.310 e. The topological polar surface area (TPSA) is 16.1 Å². The van der Waals surface area contributed by atoms with Gasteiger partial charge in [0.25, 0.3) is 0 Å². The minimum absolute atomic E-state index is 0.501. The van der Waals surface area contributed by atoms with E-state index < -0.39 is 5.41 Å². The standard InChI is InChI=1S/C50H40N2/c1-35(2)32-36-26-28-38(29-27-36)47-34-42(37-16-6-3-7-17-37)43-33-41(30-31-46(43)51-47)52-48-24-14-12-22-44(48)50(39-18-8-4-9-19-39,40-20-10-5-11-21-40)45-23-13-15-25-49(45)52/h3-31,33-35H,32H2,1-2H3. The number of rotatable bonds is 7. The Balaban J connectivity index is 1.26. The van der Waals surface area contributed by atoms with Gasteiger partial charge in [-0.1, -0.05) is 166 Å². The third-order valence-electron chi connectivity index (χ3n) is 10.5. The molecule has 0 bridgehead atoms. The second-order valence-electron chi connectivity index (χ2n) is 14.3. The van der Waals surface area contributed by atoms with Gasteiger partial charge < -0.3 is 4.90 Å². The van der Waals surface area contributed by atoms with Crippen molar-refractivity contribution in [2.45, 2.75) is 25.7 Å². The lowest BCUT2D eigenvalue weighted by molar-refractivity contribution is 0.647. The molecule has 0 atom stereocenters. The number of nitrogens with zero attached hydrogens (tertiary/aromatic N) is 2. The van der Waals surface area contributed by atoms with E-state index in [1.165, 1.54) is 50.3 Å². The van der Waals surface area contributed by atoms with Gasteiger partial charge >= 0.3 is 0 Å². The zero-order valence-electron chi connectivity index (χ0n) is 29.6. The largest absolute Gasteiger partial charge is 0.310 e. The SMILES string of the molecule is CC(C)Cc1ccc(-c2cc(-c3ccccc3)c3cc(N4c5ccccc5C(c5ccccc5)(c5ccccc5)c5ccccc54)ccc3n2)cc1. The van der Waals surface area contributed by atoms with E-state index in [-0.39, 0.29) is 0 Å². The van der Waals surface area contributed by atoms with Gasteiger partial charge in [-0.15, -0.1) is 0 Å². The molecule has 2 nitrogen and oxygen atoms in total. The summed E-state index contributed by atoms with van der Waals surface area (Å²) in [6, 6.07) is 68.6. The van der Waals surface area contributed by atoms with Gasteiger partial charge in [0.2, 0.25) is 0 Å². The molecule has 0 N–H and O–H groups in total. The van der Waals surface area contributed by atoms with E-state index >= 15 is 0 Å². The van der Waals surface area contributed by atoms with E-state index in [4.69, 9.17) is 4.98 Å².